The molecule has 0 saturated carbocycles. The molecule has 0 radical (unpaired) electrons. The van der Waals surface area contributed by atoms with E-state index < -0.39 is 11.9 Å². The lowest BCUT2D eigenvalue weighted by atomic mass is 10.1. The number of esters is 2. The molecule has 0 aliphatic heterocycles. The number of aryl methyl sites for hydroxylation is 1. The summed E-state index contributed by atoms with van der Waals surface area (Å²) in [6, 6.07) is 3.26. The molecule has 21 heavy (non-hydrogen) atoms. The molecule has 0 atom stereocenters. The standard InChI is InChI=1S/C15H16O6/c1-5-19-15(17)12-8(2)20-10-6-7-11(18-4)14(13(10)12)21-9(3)16/h6-7H,5H2,1-4H3. The van der Waals surface area contributed by atoms with E-state index in [0.717, 1.165) is 0 Å². The predicted molar refractivity (Wildman–Crippen MR) is 74.8 cm³/mol. The van der Waals surface area contributed by atoms with Gasteiger partial charge in [0.15, 0.2) is 11.5 Å². The van der Waals surface area contributed by atoms with Crippen molar-refractivity contribution in [2.45, 2.75) is 20.8 Å². The van der Waals surface area contributed by atoms with Crippen LogP contribution in [-0.2, 0) is 9.53 Å². The SMILES string of the molecule is CCOC(=O)c1c(C)oc2ccc(OC)c(OC(C)=O)c12. The first kappa shape index (κ1) is 14.9. The van der Waals surface area contributed by atoms with Crippen LogP contribution in [-0.4, -0.2) is 25.7 Å². The lowest BCUT2D eigenvalue weighted by Crippen LogP contribution is -2.08. The first-order valence-corrected chi connectivity index (χ1v) is 6.45. The van der Waals surface area contributed by atoms with E-state index in [1.807, 2.05) is 0 Å². The summed E-state index contributed by atoms with van der Waals surface area (Å²) in [6.07, 6.45) is 0. The summed E-state index contributed by atoms with van der Waals surface area (Å²) < 4.78 is 21.0. The van der Waals surface area contributed by atoms with Crippen LogP contribution >= 0.6 is 0 Å². The van der Waals surface area contributed by atoms with Gasteiger partial charge in [-0.25, -0.2) is 4.79 Å². The Morgan fingerprint density at radius 1 is 1.29 bits per heavy atom. The fourth-order valence-electron chi connectivity index (χ4n) is 2.11. The monoisotopic (exact) mass is 292 g/mol. The first-order chi connectivity index (χ1) is 9.99. The van der Waals surface area contributed by atoms with Crippen LogP contribution in [0.5, 0.6) is 11.5 Å². The van der Waals surface area contributed by atoms with Crippen molar-refractivity contribution < 1.29 is 28.2 Å². The van der Waals surface area contributed by atoms with Crippen LogP contribution in [0.1, 0.15) is 30.0 Å². The van der Waals surface area contributed by atoms with E-state index >= 15 is 0 Å². The molecule has 0 unspecified atom stereocenters. The fraction of sp³-hybridized carbons (Fsp3) is 0.333. The number of carbonyl (C=O) groups is 2. The molecule has 1 heterocycles. The second-order valence-electron chi connectivity index (χ2n) is 4.32. The Bertz CT molecular complexity index is 698. The van der Waals surface area contributed by atoms with E-state index in [1.54, 1.807) is 26.0 Å². The van der Waals surface area contributed by atoms with Gasteiger partial charge in [0, 0.05) is 6.92 Å². The summed E-state index contributed by atoms with van der Waals surface area (Å²) in [4.78, 5) is 23.4. The van der Waals surface area contributed by atoms with E-state index in [9.17, 15) is 9.59 Å². The van der Waals surface area contributed by atoms with Crippen LogP contribution in [0.4, 0.5) is 0 Å². The third-order valence-corrected chi connectivity index (χ3v) is 2.89. The molecular weight excluding hydrogens is 276 g/mol. The summed E-state index contributed by atoms with van der Waals surface area (Å²) in [6.45, 7) is 4.87. The number of methoxy groups -OCH3 is 1. The Morgan fingerprint density at radius 2 is 2.00 bits per heavy atom. The Balaban J connectivity index is 2.76. The van der Waals surface area contributed by atoms with Gasteiger partial charge in [-0.15, -0.1) is 0 Å². The van der Waals surface area contributed by atoms with Crippen molar-refractivity contribution in [1.29, 1.82) is 0 Å². The largest absolute Gasteiger partial charge is 0.493 e. The number of fused-ring (bicyclic) bond motifs is 1. The van der Waals surface area contributed by atoms with Crippen molar-refractivity contribution in [1.82, 2.24) is 0 Å². The quantitative estimate of drug-likeness (QED) is 0.637. The van der Waals surface area contributed by atoms with Gasteiger partial charge >= 0.3 is 11.9 Å². The zero-order valence-electron chi connectivity index (χ0n) is 12.3. The van der Waals surface area contributed by atoms with E-state index in [2.05, 4.69) is 0 Å². The highest BCUT2D eigenvalue weighted by molar-refractivity contribution is 6.08. The molecular formula is C15H16O6. The maximum atomic E-state index is 12.1. The maximum absolute atomic E-state index is 12.1. The molecule has 2 rings (SSSR count). The average molecular weight is 292 g/mol. The molecule has 0 bridgehead atoms. The van der Waals surface area contributed by atoms with Gasteiger partial charge in [0.2, 0.25) is 0 Å². The predicted octanol–water partition coefficient (Wildman–Crippen LogP) is 2.85. The van der Waals surface area contributed by atoms with Crippen LogP contribution in [0.2, 0.25) is 0 Å². The normalized spacial score (nSPS) is 10.5. The molecule has 0 N–H and O–H groups in total. The van der Waals surface area contributed by atoms with Crippen LogP contribution in [0, 0.1) is 6.92 Å². The number of furan rings is 1. The molecule has 6 heteroatoms. The van der Waals surface area contributed by atoms with Gasteiger partial charge in [0.25, 0.3) is 0 Å². The molecule has 112 valence electrons. The van der Waals surface area contributed by atoms with E-state index in [0.29, 0.717) is 22.5 Å². The number of hydrogen-bond donors (Lipinski definition) is 0. The zero-order chi connectivity index (χ0) is 15.6. The summed E-state index contributed by atoms with van der Waals surface area (Å²) in [7, 11) is 1.45. The Hall–Kier alpha value is -2.50. The van der Waals surface area contributed by atoms with Crippen molar-refractivity contribution in [3.8, 4) is 11.5 Å². The minimum Gasteiger partial charge on any atom is -0.493 e. The van der Waals surface area contributed by atoms with Crippen molar-refractivity contribution in [2.24, 2.45) is 0 Å². The van der Waals surface area contributed by atoms with Gasteiger partial charge in [0.05, 0.1) is 19.1 Å². The summed E-state index contributed by atoms with van der Waals surface area (Å²) in [5.74, 6) is -0.165. The third-order valence-electron chi connectivity index (χ3n) is 2.89. The van der Waals surface area contributed by atoms with Crippen molar-refractivity contribution in [2.75, 3.05) is 13.7 Å². The second kappa shape index (κ2) is 5.87. The highest BCUT2D eigenvalue weighted by atomic mass is 16.6. The highest BCUT2D eigenvalue weighted by Gasteiger charge is 2.25. The lowest BCUT2D eigenvalue weighted by Gasteiger charge is -2.09. The number of benzene rings is 1. The van der Waals surface area contributed by atoms with Crippen molar-refractivity contribution in [3.05, 3.63) is 23.5 Å². The maximum Gasteiger partial charge on any atom is 0.342 e. The van der Waals surface area contributed by atoms with E-state index in [-0.39, 0.29) is 17.9 Å². The molecule has 0 spiro atoms. The van der Waals surface area contributed by atoms with Crippen LogP contribution in [0.3, 0.4) is 0 Å². The first-order valence-electron chi connectivity index (χ1n) is 6.45. The molecule has 0 saturated heterocycles. The molecule has 2 aromatic rings. The van der Waals surface area contributed by atoms with Gasteiger partial charge in [-0.05, 0) is 26.0 Å². The number of rotatable bonds is 4. The third kappa shape index (κ3) is 2.69. The minimum atomic E-state index is -0.532. The lowest BCUT2D eigenvalue weighted by molar-refractivity contribution is -0.131. The molecule has 1 aromatic carbocycles. The molecule has 0 aliphatic carbocycles. The minimum absolute atomic E-state index is 0.155. The van der Waals surface area contributed by atoms with E-state index in [1.165, 1.54) is 14.0 Å². The summed E-state index contributed by atoms with van der Waals surface area (Å²) in [5.41, 5.74) is 0.662. The smallest absolute Gasteiger partial charge is 0.342 e. The van der Waals surface area contributed by atoms with Gasteiger partial charge < -0.3 is 18.6 Å². The van der Waals surface area contributed by atoms with Gasteiger partial charge in [-0.2, -0.15) is 0 Å². The molecule has 1 aromatic heterocycles. The van der Waals surface area contributed by atoms with Crippen LogP contribution in [0.25, 0.3) is 11.0 Å². The molecule has 0 fully saturated rings. The zero-order valence-corrected chi connectivity index (χ0v) is 12.3. The van der Waals surface area contributed by atoms with Gasteiger partial charge in [-0.3, -0.25) is 4.79 Å². The van der Waals surface area contributed by atoms with Gasteiger partial charge in [0.1, 0.15) is 16.9 Å². The number of ether oxygens (including phenoxy) is 3. The Morgan fingerprint density at radius 3 is 2.57 bits per heavy atom. The fourth-order valence-corrected chi connectivity index (χ4v) is 2.11. The summed E-state index contributed by atoms with van der Waals surface area (Å²) >= 11 is 0. The summed E-state index contributed by atoms with van der Waals surface area (Å²) in [5, 5.41) is 0.375. The number of carbonyl (C=O) groups excluding carboxylic acids is 2. The van der Waals surface area contributed by atoms with Crippen molar-refractivity contribution in [3.63, 3.8) is 0 Å². The average Bonchev–Trinajstić information content (AvgIpc) is 2.75. The second-order valence-corrected chi connectivity index (χ2v) is 4.32. The van der Waals surface area contributed by atoms with Crippen molar-refractivity contribution >= 4 is 22.9 Å². The van der Waals surface area contributed by atoms with Crippen LogP contribution < -0.4 is 9.47 Å². The molecule has 6 nitrogen and oxygen atoms in total. The topological polar surface area (TPSA) is 75.0 Å². The molecule has 0 amide bonds. The van der Waals surface area contributed by atoms with Crippen LogP contribution in [0.15, 0.2) is 16.5 Å². The van der Waals surface area contributed by atoms with Gasteiger partial charge in [-0.1, -0.05) is 0 Å². The number of hydrogen-bond acceptors (Lipinski definition) is 6. The van der Waals surface area contributed by atoms with E-state index in [4.69, 9.17) is 18.6 Å². The Kier molecular flexibility index (Phi) is 4.16. The Labute approximate surface area is 121 Å². The highest BCUT2D eigenvalue weighted by Crippen LogP contribution is 2.40. The molecule has 0 aliphatic rings.